The van der Waals surface area contributed by atoms with Gasteiger partial charge in [0.1, 0.15) is 5.15 Å². The zero-order valence-corrected chi connectivity index (χ0v) is 12.1. The lowest BCUT2D eigenvalue weighted by Gasteiger charge is -1.99. The van der Waals surface area contributed by atoms with Crippen molar-refractivity contribution in [3.63, 3.8) is 0 Å². The molecule has 0 bridgehead atoms. The van der Waals surface area contributed by atoms with Crippen LogP contribution in [0.3, 0.4) is 0 Å². The number of thioether (sulfide) groups is 1. The minimum Gasteiger partial charge on any atom is -0.258 e. The van der Waals surface area contributed by atoms with Crippen molar-refractivity contribution in [2.24, 2.45) is 0 Å². The molecule has 0 aromatic carbocycles. The quantitative estimate of drug-likeness (QED) is 0.369. The maximum atomic E-state index is 10.9. The van der Waals surface area contributed by atoms with E-state index >= 15 is 0 Å². The SMILES string of the molecule is CSc1nnc(Sc2nc(Cl)ccc2[N+](=O)[O-])s1. The molecule has 0 unspecified atom stereocenters. The standard InChI is InChI=1S/C8H5ClN4O2S3/c1-16-7-11-12-8(18-7)17-6-4(13(14)15)2-3-5(9)10-6/h2-3H,1H3. The smallest absolute Gasteiger partial charge is 0.258 e. The fourth-order valence-corrected chi connectivity index (χ4v) is 3.67. The topological polar surface area (TPSA) is 81.8 Å². The molecule has 94 valence electrons. The first-order valence-corrected chi connectivity index (χ1v) is 7.70. The van der Waals surface area contributed by atoms with E-state index in [0.29, 0.717) is 4.34 Å². The predicted octanol–water partition coefficient (Wildman–Crippen LogP) is 3.37. The molecule has 0 N–H and O–H groups in total. The molecule has 0 radical (unpaired) electrons. The molecule has 0 fully saturated rings. The molecule has 6 nitrogen and oxygen atoms in total. The van der Waals surface area contributed by atoms with Crippen LogP contribution in [0.1, 0.15) is 0 Å². The summed E-state index contributed by atoms with van der Waals surface area (Å²) in [5.41, 5.74) is -0.0923. The predicted molar refractivity (Wildman–Crippen MR) is 71.7 cm³/mol. The third kappa shape index (κ3) is 3.10. The van der Waals surface area contributed by atoms with E-state index in [1.807, 2.05) is 6.26 Å². The third-order valence-corrected chi connectivity index (χ3v) is 4.90. The van der Waals surface area contributed by atoms with Crippen molar-refractivity contribution in [3.8, 4) is 0 Å². The van der Waals surface area contributed by atoms with E-state index in [0.717, 1.165) is 16.1 Å². The summed E-state index contributed by atoms with van der Waals surface area (Å²) in [4.78, 5) is 14.3. The summed E-state index contributed by atoms with van der Waals surface area (Å²) in [6.45, 7) is 0. The number of halogens is 1. The number of nitro groups is 1. The Labute approximate surface area is 119 Å². The van der Waals surface area contributed by atoms with Crippen molar-refractivity contribution in [1.29, 1.82) is 0 Å². The van der Waals surface area contributed by atoms with Gasteiger partial charge in [0.15, 0.2) is 13.7 Å². The van der Waals surface area contributed by atoms with Crippen LogP contribution in [0.5, 0.6) is 0 Å². The first-order chi connectivity index (χ1) is 8.60. The van der Waals surface area contributed by atoms with E-state index in [9.17, 15) is 10.1 Å². The van der Waals surface area contributed by atoms with Crippen LogP contribution in [-0.4, -0.2) is 26.4 Å². The van der Waals surface area contributed by atoms with Crippen molar-refractivity contribution < 1.29 is 4.92 Å². The molecule has 0 atom stereocenters. The summed E-state index contributed by atoms with van der Waals surface area (Å²) in [6, 6.07) is 2.71. The number of hydrogen-bond acceptors (Lipinski definition) is 8. The maximum Gasteiger partial charge on any atom is 0.301 e. The molecule has 2 aromatic heterocycles. The van der Waals surface area contributed by atoms with Crippen molar-refractivity contribution in [2.75, 3.05) is 6.26 Å². The molecule has 2 heterocycles. The molecule has 0 aliphatic carbocycles. The molecule has 0 saturated heterocycles. The highest BCUT2D eigenvalue weighted by Gasteiger charge is 2.18. The van der Waals surface area contributed by atoms with Gasteiger partial charge in [0.25, 0.3) is 0 Å². The Kier molecular flexibility index (Phi) is 4.38. The summed E-state index contributed by atoms with van der Waals surface area (Å²) in [5, 5.41) is 19.1. The Balaban J connectivity index is 2.32. The molecule has 18 heavy (non-hydrogen) atoms. The molecule has 0 aliphatic rings. The zero-order chi connectivity index (χ0) is 13.1. The Morgan fingerprint density at radius 1 is 1.39 bits per heavy atom. The van der Waals surface area contributed by atoms with Gasteiger partial charge in [-0.1, -0.05) is 34.7 Å². The third-order valence-electron chi connectivity index (χ3n) is 1.75. The average Bonchev–Trinajstić information content (AvgIpc) is 2.76. The van der Waals surface area contributed by atoms with Crippen molar-refractivity contribution in [2.45, 2.75) is 13.7 Å². The van der Waals surface area contributed by atoms with Crippen LogP contribution in [0.4, 0.5) is 5.69 Å². The van der Waals surface area contributed by atoms with Gasteiger partial charge in [-0.15, -0.1) is 10.2 Å². The lowest BCUT2D eigenvalue weighted by Crippen LogP contribution is -1.93. The minimum absolute atomic E-state index is 0.0923. The number of hydrogen-bond donors (Lipinski definition) is 0. The summed E-state index contributed by atoms with van der Waals surface area (Å²) < 4.78 is 1.39. The van der Waals surface area contributed by atoms with Crippen LogP contribution in [-0.2, 0) is 0 Å². The van der Waals surface area contributed by atoms with Crippen LogP contribution in [0, 0.1) is 10.1 Å². The van der Waals surface area contributed by atoms with E-state index in [-0.39, 0.29) is 15.9 Å². The van der Waals surface area contributed by atoms with Gasteiger partial charge < -0.3 is 0 Å². The highest BCUT2D eigenvalue weighted by atomic mass is 35.5. The molecule has 0 amide bonds. The Bertz CT molecular complexity index is 591. The van der Waals surface area contributed by atoms with Gasteiger partial charge in [-0.2, -0.15) is 0 Å². The maximum absolute atomic E-state index is 10.9. The number of nitrogens with zero attached hydrogens (tertiary/aromatic N) is 4. The Hall–Kier alpha value is -0.900. The molecular formula is C8H5ClN4O2S3. The molecule has 0 spiro atoms. The molecule has 0 aliphatic heterocycles. The second-order valence-electron chi connectivity index (χ2n) is 2.86. The summed E-state index contributed by atoms with van der Waals surface area (Å²) in [6.07, 6.45) is 1.88. The fourth-order valence-electron chi connectivity index (χ4n) is 1.03. The second-order valence-corrected chi connectivity index (χ2v) is 6.51. The van der Waals surface area contributed by atoms with Gasteiger partial charge >= 0.3 is 5.69 Å². The monoisotopic (exact) mass is 320 g/mol. The fraction of sp³-hybridized carbons (Fsp3) is 0.125. The minimum atomic E-state index is -0.498. The van der Waals surface area contributed by atoms with Gasteiger partial charge in [-0.25, -0.2) is 4.98 Å². The van der Waals surface area contributed by atoms with Gasteiger partial charge in [0.2, 0.25) is 0 Å². The summed E-state index contributed by atoms with van der Waals surface area (Å²) in [5.74, 6) is 0. The molecule has 2 rings (SSSR count). The van der Waals surface area contributed by atoms with E-state index in [2.05, 4.69) is 15.2 Å². The van der Waals surface area contributed by atoms with Crippen LogP contribution < -0.4 is 0 Å². The highest BCUT2D eigenvalue weighted by Crippen LogP contribution is 2.36. The van der Waals surface area contributed by atoms with Crippen molar-refractivity contribution in [1.82, 2.24) is 15.2 Å². The summed E-state index contributed by atoms with van der Waals surface area (Å²) in [7, 11) is 0. The molecule has 0 saturated carbocycles. The average molecular weight is 321 g/mol. The number of pyridine rings is 1. The lowest BCUT2D eigenvalue weighted by molar-refractivity contribution is -0.388. The molecule has 2 aromatic rings. The normalized spacial score (nSPS) is 10.6. The van der Waals surface area contributed by atoms with E-state index in [1.54, 1.807) is 0 Å². The summed E-state index contributed by atoms with van der Waals surface area (Å²) >= 11 is 9.64. The lowest BCUT2D eigenvalue weighted by atomic mass is 10.4. The van der Waals surface area contributed by atoms with E-state index in [4.69, 9.17) is 11.6 Å². The zero-order valence-electron chi connectivity index (χ0n) is 8.86. The van der Waals surface area contributed by atoms with E-state index in [1.165, 1.54) is 35.2 Å². The van der Waals surface area contributed by atoms with Crippen molar-refractivity contribution >= 4 is 52.1 Å². The first-order valence-electron chi connectivity index (χ1n) is 4.46. The first kappa shape index (κ1) is 13.5. The molecule has 10 heteroatoms. The Morgan fingerprint density at radius 3 is 2.72 bits per heavy atom. The van der Waals surface area contributed by atoms with Gasteiger partial charge in [0, 0.05) is 6.07 Å². The van der Waals surface area contributed by atoms with Crippen molar-refractivity contribution in [3.05, 3.63) is 27.4 Å². The van der Waals surface area contributed by atoms with Crippen LogP contribution >= 0.6 is 46.5 Å². The van der Waals surface area contributed by atoms with E-state index < -0.39 is 4.92 Å². The largest absolute Gasteiger partial charge is 0.301 e. The van der Waals surface area contributed by atoms with Crippen LogP contribution in [0.15, 0.2) is 25.8 Å². The van der Waals surface area contributed by atoms with Gasteiger partial charge in [-0.3, -0.25) is 10.1 Å². The van der Waals surface area contributed by atoms with Crippen LogP contribution in [0.2, 0.25) is 5.15 Å². The number of aromatic nitrogens is 3. The number of rotatable bonds is 4. The Morgan fingerprint density at radius 2 is 2.11 bits per heavy atom. The highest BCUT2D eigenvalue weighted by molar-refractivity contribution is 8.03. The van der Waals surface area contributed by atoms with Gasteiger partial charge in [0.05, 0.1) is 4.92 Å². The van der Waals surface area contributed by atoms with Crippen LogP contribution in [0.25, 0.3) is 0 Å². The molecular weight excluding hydrogens is 316 g/mol. The second kappa shape index (κ2) is 5.83. The van der Waals surface area contributed by atoms with Gasteiger partial charge in [-0.05, 0) is 24.1 Å².